The molecular weight excluding hydrogens is 414 g/mol. The predicted molar refractivity (Wildman–Crippen MR) is 131 cm³/mol. The molecule has 0 spiro atoms. The van der Waals surface area contributed by atoms with Crippen LogP contribution >= 0.6 is 0 Å². The third-order valence-corrected chi connectivity index (χ3v) is 6.56. The Bertz CT molecular complexity index is 865. The lowest BCUT2D eigenvalue weighted by molar-refractivity contribution is -0.122. The van der Waals surface area contributed by atoms with Crippen molar-refractivity contribution >= 4 is 11.7 Å². The van der Waals surface area contributed by atoms with Crippen LogP contribution in [-0.2, 0) is 9.59 Å². The molecule has 180 valence electrons. The normalized spacial score (nSPS) is 17.6. The maximum absolute atomic E-state index is 12.8. The zero-order valence-electron chi connectivity index (χ0n) is 20.2. The highest BCUT2D eigenvalue weighted by Crippen LogP contribution is 2.26. The van der Waals surface area contributed by atoms with E-state index in [0.29, 0.717) is 42.6 Å². The monoisotopic (exact) mass is 453 g/mol. The van der Waals surface area contributed by atoms with Crippen LogP contribution in [0.25, 0.3) is 11.3 Å². The highest BCUT2D eigenvalue weighted by molar-refractivity contribution is 5.78. The number of benzene rings is 1. The molecule has 2 heterocycles. The number of nitrogens with zero attached hydrogens (tertiary/aromatic N) is 2. The first kappa shape index (κ1) is 25.2. The number of aromatic nitrogens is 1. The molecule has 2 aromatic rings. The summed E-state index contributed by atoms with van der Waals surface area (Å²) in [5, 5.41) is 3.18. The number of hydrogen-bond donors (Lipinski definition) is 1. The second-order valence-corrected chi connectivity index (χ2v) is 9.35. The lowest BCUT2D eigenvalue weighted by Crippen LogP contribution is -2.33. The van der Waals surface area contributed by atoms with Crippen molar-refractivity contribution in [2.45, 2.75) is 77.2 Å². The van der Waals surface area contributed by atoms with Crippen LogP contribution in [0, 0.1) is 5.92 Å². The van der Waals surface area contributed by atoms with Crippen LogP contribution < -0.4 is 5.32 Å². The van der Waals surface area contributed by atoms with Gasteiger partial charge < -0.3 is 14.6 Å². The number of Topliss-reactive ketones (excluding diaryl/α,β-unsaturated/α-hetero) is 1. The van der Waals surface area contributed by atoms with E-state index >= 15 is 0 Å². The van der Waals surface area contributed by atoms with Gasteiger partial charge in [0.15, 0.2) is 5.76 Å². The van der Waals surface area contributed by atoms with Crippen LogP contribution in [0.15, 0.2) is 40.9 Å². The second-order valence-electron chi connectivity index (χ2n) is 9.35. The Balaban J connectivity index is 1.57. The Morgan fingerprint density at radius 2 is 2.00 bits per heavy atom. The number of hydrogen-bond acceptors (Lipinski definition) is 5. The van der Waals surface area contributed by atoms with Crippen molar-refractivity contribution in [3.8, 4) is 11.3 Å². The summed E-state index contributed by atoms with van der Waals surface area (Å²) in [5.41, 5.74) is 0.973. The molecule has 0 aliphatic carbocycles. The van der Waals surface area contributed by atoms with E-state index in [0.717, 1.165) is 50.8 Å². The first-order valence-corrected chi connectivity index (χ1v) is 12.6. The number of nitrogens with one attached hydrogen (secondary N) is 1. The van der Waals surface area contributed by atoms with E-state index in [4.69, 9.17) is 4.42 Å². The zero-order chi connectivity index (χ0) is 23.5. The molecule has 1 fully saturated rings. The van der Waals surface area contributed by atoms with Crippen LogP contribution in [-0.4, -0.2) is 41.7 Å². The number of oxazole rings is 1. The largest absolute Gasteiger partial charge is 0.438 e. The van der Waals surface area contributed by atoms with Crippen molar-refractivity contribution in [2.75, 3.05) is 20.1 Å². The second kappa shape index (κ2) is 13.3. The summed E-state index contributed by atoms with van der Waals surface area (Å²) < 4.78 is 6.07. The Labute approximate surface area is 198 Å². The number of ketones is 1. The average molecular weight is 454 g/mol. The van der Waals surface area contributed by atoms with Gasteiger partial charge in [-0.15, -0.1) is 0 Å². The lowest BCUT2D eigenvalue weighted by Gasteiger charge is -2.29. The fourth-order valence-electron chi connectivity index (χ4n) is 4.58. The molecule has 1 saturated heterocycles. The molecule has 0 saturated carbocycles. The quantitative estimate of drug-likeness (QED) is 0.402. The van der Waals surface area contributed by atoms with Crippen LogP contribution in [0.2, 0.25) is 0 Å². The number of carbonyl (C=O) groups is 2. The number of likely N-dealkylation sites (tertiary alicyclic amines) is 1. The Morgan fingerprint density at radius 1 is 1.18 bits per heavy atom. The van der Waals surface area contributed by atoms with Gasteiger partial charge in [0.25, 0.3) is 0 Å². The molecule has 1 aliphatic rings. The van der Waals surface area contributed by atoms with Crippen molar-refractivity contribution in [3.05, 3.63) is 42.4 Å². The van der Waals surface area contributed by atoms with Crippen LogP contribution in [0.4, 0.5) is 0 Å². The summed E-state index contributed by atoms with van der Waals surface area (Å²) in [6.07, 6.45) is 10.4. The fourth-order valence-corrected chi connectivity index (χ4v) is 4.58. The van der Waals surface area contributed by atoms with Crippen LogP contribution in [0.3, 0.4) is 0 Å². The molecule has 1 aliphatic heterocycles. The molecule has 3 rings (SSSR count). The maximum atomic E-state index is 12.8. The highest BCUT2D eigenvalue weighted by atomic mass is 16.4. The Morgan fingerprint density at radius 3 is 2.76 bits per heavy atom. The molecule has 0 bridgehead atoms. The van der Waals surface area contributed by atoms with Gasteiger partial charge in [-0.1, -0.05) is 50.1 Å². The van der Waals surface area contributed by atoms with E-state index in [1.54, 1.807) is 6.20 Å². The van der Waals surface area contributed by atoms with Gasteiger partial charge >= 0.3 is 0 Å². The Kier molecular flexibility index (Phi) is 10.1. The standard InChI is InChI=1S/C27H39N3O3/c1-3-23(31)14-8-5-9-15-24(27-28-19-25(33-27)22-12-6-4-7-13-22)29-26(32)17-16-21-11-10-18-30(2)20-21/h4,6-7,12-13,19,21,24H,3,5,8-11,14-18,20H2,1-2H3,(H,29,32)/t21?,24-/m0/s1. The molecule has 1 N–H and O–H groups in total. The number of rotatable bonds is 13. The summed E-state index contributed by atoms with van der Waals surface area (Å²) in [5.74, 6) is 2.24. The van der Waals surface area contributed by atoms with E-state index in [1.807, 2.05) is 37.3 Å². The van der Waals surface area contributed by atoms with Gasteiger partial charge in [0.1, 0.15) is 11.8 Å². The van der Waals surface area contributed by atoms with E-state index in [2.05, 4.69) is 22.2 Å². The minimum atomic E-state index is -0.245. The molecular formula is C27H39N3O3. The predicted octanol–water partition coefficient (Wildman–Crippen LogP) is 5.55. The molecule has 6 heteroatoms. The van der Waals surface area contributed by atoms with Crippen molar-refractivity contribution in [1.82, 2.24) is 15.2 Å². The van der Waals surface area contributed by atoms with Gasteiger partial charge in [-0.25, -0.2) is 4.98 Å². The molecule has 6 nitrogen and oxygen atoms in total. The number of carbonyl (C=O) groups excluding carboxylic acids is 2. The van der Waals surface area contributed by atoms with E-state index < -0.39 is 0 Å². The van der Waals surface area contributed by atoms with Gasteiger partial charge in [0, 0.05) is 31.4 Å². The third kappa shape index (κ3) is 8.43. The first-order valence-electron chi connectivity index (χ1n) is 12.6. The number of piperidine rings is 1. The Hall–Kier alpha value is -2.47. The minimum absolute atomic E-state index is 0.0637. The van der Waals surface area contributed by atoms with Crippen LogP contribution in [0.1, 0.15) is 83.1 Å². The van der Waals surface area contributed by atoms with Gasteiger partial charge in [-0.2, -0.15) is 0 Å². The summed E-state index contributed by atoms with van der Waals surface area (Å²) >= 11 is 0. The van der Waals surface area contributed by atoms with Gasteiger partial charge in [0.2, 0.25) is 11.8 Å². The first-order chi connectivity index (χ1) is 16.0. The van der Waals surface area contributed by atoms with Crippen molar-refractivity contribution in [3.63, 3.8) is 0 Å². The summed E-state index contributed by atoms with van der Waals surface area (Å²) in [7, 11) is 2.16. The fraction of sp³-hybridized carbons (Fsp3) is 0.593. The maximum Gasteiger partial charge on any atom is 0.220 e. The van der Waals surface area contributed by atoms with Crippen molar-refractivity contribution < 1.29 is 14.0 Å². The third-order valence-electron chi connectivity index (χ3n) is 6.56. The number of amides is 1. The topological polar surface area (TPSA) is 75.4 Å². The average Bonchev–Trinajstić information content (AvgIpc) is 3.32. The van der Waals surface area contributed by atoms with E-state index in [9.17, 15) is 9.59 Å². The summed E-state index contributed by atoms with van der Waals surface area (Å²) in [6.45, 7) is 4.14. The van der Waals surface area contributed by atoms with Crippen molar-refractivity contribution in [2.24, 2.45) is 5.92 Å². The van der Waals surface area contributed by atoms with E-state index in [1.165, 1.54) is 12.8 Å². The van der Waals surface area contributed by atoms with Gasteiger partial charge in [-0.3, -0.25) is 9.59 Å². The smallest absolute Gasteiger partial charge is 0.220 e. The van der Waals surface area contributed by atoms with E-state index in [-0.39, 0.29) is 11.9 Å². The summed E-state index contributed by atoms with van der Waals surface area (Å²) in [6, 6.07) is 9.64. The molecule has 1 aromatic heterocycles. The highest BCUT2D eigenvalue weighted by Gasteiger charge is 2.22. The molecule has 1 unspecified atom stereocenters. The molecule has 1 aromatic carbocycles. The van der Waals surface area contributed by atoms with Gasteiger partial charge in [0.05, 0.1) is 6.20 Å². The van der Waals surface area contributed by atoms with Crippen LogP contribution in [0.5, 0.6) is 0 Å². The lowest BCUT2D eigenvalue weighted by atomic mass is 9.93. The molecule has 2 atom stereocenters. The molecule has 33 heavy (non-hydrogen) atoms. The SMILES string of the molecule is CCC(=O)CCCCC[C@H](NC(=O)CCC1CCCN(C)C1)c1ncc(-c2ccccc2)o1. The molecule has 0 radical (unpaired) electrons. The molecule has 1 amide bonds. The van der Waals surface area contributed by atoms with Gasteiger partial charge in [-0.05, 0) is 51.6 Å². The van der Waals surface area contributed by atoms with Crippen molar-refractivity contribution in [1.29, 1.82) is 0 Å². The summed E-state index contributed by atoms with van der Waals surface area (Å²) in [4.78, 5) is 31.2. The zero-order valence-corrected chi connectivity index (χ0v) is 20.2. The minimum Gasteiger partial charge on any atom is -0.438 e. The number of unbranched alkanes of at least 4 members (excludes halogenated alkanes) is 2.